The van der Waals surface area contributed by atoms with Crippen LogP contribution in [0.2, 0.25) is 0 Å². The van der Waals surface area contributed by atoms with Gasteiger partial charge in [0.25, 0.3) is 0 Å². The fourth-order valence-electron chi connectivity index (χ4n) is 1.38. The maximum atomic E-state index is 10.9. The summed E-state index contributed by atoms with van der Waals surface area (Å²) in [6, 6.07) is 0. The van der Waals surface area contributed by atoms with E-state index in [4.69, 9.17) is 18.3 Å². The Kier molecular flexibility index (Phi) is 1.31. The number of fused-ring (bicyclic) bond motifs is 1. The molecule has 2 aliphatic heterocycles. The Balaban J connectivity index is 2.29. The van der Waals surface area contributed by atoms with Crippen molar-refractivity contribution in [3.8, 4) is 0 Å². The molecule has 0 aromatic rings. The lowest BCUT2D eigenvalue weighted by Gasteiger charge is -2.13. The smallest absolute Gasteiger partial charge is 0.302 e. The number of hydrogen-bond acceptors (Lipinski definition) is 4. The van der Waals surface area contributed by atoms with Crippen LogP contribution in [0.25, 0.3) is 0 Å². The zero-order valence-electron chi connectivity index (χ0n) is 9.70. The number of ether oxygens (including phenoxy) is 3. The minimum Gasteiger partial charge on any atom is -0.460 e. The topological polar surface area (TPSA) is 44.8 Å². The third kappa shape index (κ3) is 1.32. The van der Waals surface area contributed by atoms with Crippen LogP contribution in [-0.4, -0.2) is 31.5 Å². The zero-order valence-corrected chi connectivity index (χ0v) is 6.70. The molecule has 0 aliphatic carbocycles. The minimum absolute atomic E-state index is 0.396. The number of hydrogen-bond donors (Lipinski definition) is 0. The molecule has 0 saturated carbocycles. The molecule has 0 amide bonds. The minimum atomic E-state index is -2.32. The molecule has 68 valence electrons. The standard InChI is InChI=1S/C8H12O4/c1-5(9)12-7-4-11-8-6(7)2-3-10-8/h6-8H,2-4H2,1H3/t6-,7-,8+/m0/s1/i4D2,7D. The van der Waals surface area contributed by atoms with Gasteiger partial charge in [-0.05, 0) is 6.42 Å². The number of esters is 1. The summed E-state index contributed by atoms with van der Waals surface area (Å²) in [6.45, 7) is -0.781. The summed E-state index contributed by atoms with van der Waals surface area (Å²) in [7, 11) is 0. The van der Waals surface area contributed by atoms with Crippen LogP contribution in [0.15, 0.2) is 0 Å². The predicted molar refractivity (Wildman–Crippen MR) is 39.4 cm³/mol. The van der Waals surface area contributed by atoms with Crippen molar-refractivity contribution in [2.45, 2.75) is 25.7 Å². The highest BCUT2D eigenvalue weighted by atomic mass is 16.7. The van der Waals surface area contributed by atoms with Gasteiger partial charge in [0.05, 0.1) is 23.2 Å². The molecule has 12 heavy (non-hydrogen) atoms. The lowest BCUT2D eigenvalue weighted by Crippen LogP contribution is -2.25. The zero-order chi connectivity index (χ0) is 11.3. The first-order valence-electron chi connectivity index (χ1n) is 5.36. The molecule has 0 aromatic heterocycles. The molecule has 2 rings (SSSR count). The molecular formula is C8H12O4. The van der Waals surface area contributed by atoms with E-state index in [1.165, 1.54) is 0 Å². The summed E-state index contributed by atoms with van der Waals surface area (Å²) in [5, 5.41) is 0. The van der Waals surface area contributed by atoms with E-state index in [0.717, 1.165) is 6.92 Å². The van der Waals surface area contributed by atoms with Crippen molar-refractivity contribution in [1.29, 1.82) is 0 Å². The summed E-state index contributed by atoms with van der Waals surface area (Å²) in [6.07, 6.45) is -2.32. The summed E-state index contributed by atoms with van der Waals surface area (Å²) in [5.74, 6) is -1.25. The summed E-state index contributed by atoms with van der Waals surface area (Å²) >= 11 is 0. The number of carbonyl (C=O) groups is 1. The molecule has 4 nitrogen and oxygen atoms in total. The van der Waals surface area contributed by atoms with Crippen LogP contribution in [0.4, 0.5) is 0 Å². The first-order chi connectivity index (χ1) is 6.87. The Hall–Kier alpha value is -0.610. The first-order valence-corrected chi connectivity index (χ1v) is 3.86. The largest absolute Gasteiger partial charge is 0.460 e. The first kappa shape index (κ1) is 5.19. The molecule has 0 unspecified atom stereocenters. The number of rotatable bonds is 1. The van der Waals surface area contributed by atoms with Gasteiger partial charge in [0.2, 0.25) is 0 Å². The van der Waals surface area contributed by atoms with Crippen molar-refractivity contribution in [2.24, 2.45) is 5.92 Å². The second kappa shape index (κ2) is 3.03. The Morgan fingerprint density at radius 3 is 3.33 bits per heavy atom. The van der Waals surface area contributed by atoms with Crippen molar-refractivity contribution in [3.63, 3.8) is 0 Å². The second-order valence-electron chi connectivity index (χ2n) is 2.81. The third-order valence-electron chi connectivity index (χ3n) is 1.91. The molecular weight excluding hydrogens is 160 g/mol. The molecule has 0 bridgehead atoms. The Morgan fingerprint density at radius 2 is 2.58 bits per heavy atom. The lowest BCUT2D eigenvalue weighted by atomic mass is 10.0. The van der Waals surface area contributed by atoms with Gasteiger partial charge in [-0.1, -0.05) is 0 Å². The van der Waals surface area contributed by atoms with Crippen molar-refractivity contribution >= 4 is 5.97 Å². The van der Waals surface area contributed by atoms with Gasteiger partial charge < -0.3 is 14.2 Å². The van der Waals surface area contributed by atoms with Gasteiger partial charge in [-0.25, -0.2) is 0 Å². The summed E-state index contributed by atoms with van der Waals surface area (Å²) in [5.41, 5.74) is 0. The molecule has 2 fully saturated rings. The van der Waals surface area contributed by atoms with Crippen LogP contribution < -0.4 is 0 Å². The van der Waals surface area contributed by atoms with Crippen LogP contribution in [0.5, 0.6) is 0 Å². The fourth-order valence-corrected chi connectivity index (χ4v) is 1.38. The highest BCUT2D eigenvalue weighted by Gasteiger charge is 2.43. The van der Waals surface area contributed by atoms with Gasteiger partial charge in [0, 0.05) is 6.92 Å². The van der Waals surface area contributed by atoms with Gasteiger partial charge in [-0.15, -0.1) is 0 Å². The Bertz CT molecular complexity index is 296. The highest BCUT2D eigenvalue weighted by molar-refractivity contribution is 5.66. The van der Waals surface area contributed by atoms with Crippen molar-refractivity contribution < 1.29 is 23.1 Å². The van der Waals surface area contributed by atoms with Crippen molar-refractivity contribution in [1.82, 2.24) is 0 Å². The van der Waals surface area contributed by atoms with E-state index < -0.39 is 30.8 Å². The molecule has 2 saturated heterocycles. The maximum Gasteiger partial charge on any atom is 0.302 e. The average molecular weight is 175 g/mol. The van der Waals surface area contributed by atoms with Gasteiger partial charge in [0.15, 0.2) is 6.29 Å². The fraction of sp³-hybridized carbons (Fsp3) is 0.875. The van der Waals surface area contributed by atoms with Gasteiger partial charge >= 0.3 is 5.97 Å². The molecule has 2 heterocycles. The summed E-state index contributed by atoms with van der Waals surface area (Å²) in [4.78, 5) is 10.9. The van der Waals surface area contributed by atoms with Crippen LogP contribution in [0.1, 0.15) is 17.5 Å². The van der Waals surface area contributed by atoms with Crippen LogP contribution >= 0.6 is 0 Å². The van der Waals surface area contributed by atoms with E-state index in [0.29, 0.717) is 13.0 Å². The predicted octanol–water partition coefficient (Wildman–Crippen LogP) is 0.311. The third-order valence-corrected chi connectivity index (χ3v) is 1.91. The van der Waals surface area contributed by atoms with Crippen molar-refractivity contribution in [3.05, 3.63) is 0 Å². The van der Waals surface area contributed by atoms with Crippen LogP contribution in [0, 0.1) is 5.92 Å². The van der Waals surface area contributed by atoms with E-state index in [1.54, 1.807) is 0 Å². The van der Waals surface area contributed by atoms with Crippen molar-refractivity contribution in [2.75, 3.05) is 13.2 Å². The van der Waals surface area contributed by atoms with E-state index in [1.807, 2.05) is 0 Å². The van der Waals surface area contributed by atoms with Gasteiger partial charge in [0.1, 0.15) is 6.08 Å². The monoisotopic (exact) mass is 175 g/mol. The van der Waals surface area contributed by atoms with E-state index in [2.05, 4.69) is 0 Å². The second-order valence-corrected chi connectivity index (χ2v) is 2.81. The highest BCUT2D eigenvalue weighted by Crippen LogP contribution is 2.32. The van der Waals surface area contributed by atoms with Gasteiger partial charge in [-0.2, -0.15) is 0 Å². The van der Waals surface area contributed by atoms with Gasteiger partial charge in [-0.3, -0.25) is 4.79 Å². The molecule has 0 radical (unpaired) electrons. The average Bonchev–Trinajstić information content (AvgIpc) is 2.55. The molecule has 4 heteroatoms. The Labute approximate surface area is 75.0 Å². The Morgan fingerprint density at radius 1 is 1.75 bits per heavy atom. The SMILES string of the molecule is [2H]C1([2H])O[C@H]2OCC[C@H]2[C@@]1([2H])OC(C)=O. The normalized spacial score (nSPS) is 53.6. The van der Waals surface area contributed by atoms with E-state index in [-0.39, 0.29) is 0 Å². The van der Waals surface area contributed by atoms with E-state index >= 15 is 0 Å². The van der Waals surface area contributed by atoms with E-state index in [9.17, 15) is 4.79 Å². The molecule has 0 spiro atoms. The lowest BCUT2D eigenvalue weighted by molar-refractivity contribution is -0.147. The molecule has 0 aromatic carbocycles. The maximum absolute atomic E-state index is 10.9. The number of carbonyl (C=O) groups excluding carboxylic acids is 1. The summed E-state index contributed by atoms with van der Waals surface area (Å²) < 4.78 is 37.8. The van der Waals surface area contributed by atoms with Crippen LogP contribution in [0.3, 0.4) is 0 Å². The molecule has 0 N–H and O–H groups in total. The van der Waals surface area contributed by atoms with Crippen LogP contribution in [-0.2, 0) is 19.0 Å². The molecule has 3 atom stereocenters. The molecule has 2 aliphatic rings. The quantitative estimate of drug-likeness (QED) is 0.538.